The van der Waals surface area contributed by atoms with Crippen LogP contribution in [-0.4, -0.2) is 85.0 Å². The number of ether oxygens (including phenoxy) is 2. The fourth-order valence-electron chi connectivity index (χ4n) is 6.22. The van der Waals surface area contributed by atoms with Crippen LogP contribution in [-0.2, 0) is 28.9 Å². The van der Waals surface area contributed by atoms with E-state index < -0.39 is 0 Å². The summed E-state index contributed by atoms with van der Waals surface area (Å²) < 4.78 is 11.4. The fraction of sp³-hybridized carbons (Fsp3) is 0.769. The number of hydrogen-bond acceptors (Lipinski definition) is 8. The van der Waals surface area contributed by atoms with Crippen LogP contribution in [0.25, 0.3) is 10.2 Å². The van der Waals surface area contributed by atoms with E-state index in [1.165, 1.54) is 52.8 Å². The lowest BCUT2D eigenvalue weighted by Crippen LogP contribution is -2.50. The predicted molar refractivity (Wildman–Crippen MR) is 137 cm³/mol. The lowest BCUT2D eigenvalue weighted by Gasteiger charge is -2.37. The van der Waals surface area contributed by atoms with Gasteiger partial charge in [-0.25, -0.2) is 9.97 Å². The Balaban J connectivity index is 1.26. The van der Waals surface area contributed by atoms with Gasteiger partial charge in [0.2, 0.25) is 0 Å². The molecule has 1 aliphatic carbocycles. The van der Waals surface area contributed by atoms with E-state index in [1.54, 1.807) is 0 Å². The van der Waals surface area contributed by atoms with E-state index in [4.69, 9.17) is 19.4 Å². The predicted octanol–water partition coefficient (Wildman–Crippen LogP) is 3.56. The van der Waals surface area contributed by atoms with Crippen molar-refractivity contribution >= 4 is 27.4 Å². The van der Waals surface area contributed by atoms with Crippen LogP contribution in [0.2, 0.25) is 0 Å². The van der Waals surface area contributed by atoms with Crippen molar-refractivity contribution in [3.63, 3.8) is 0 Å². The van der Waals surface area contributed by atoms with Crippen molar-refractivity contribution in [3.05, 3.63) is 16.3 Å². The average molecular weight is 486 g/mol. The number of morpholine rings is 1. The van der Waals surface area contributed by atoms with E-state index in [1.807, 2.05) is 11.3 Å². The first kappa shape index (κ1) is 23.1. The quantitative estimate of drug-likeness (QED) is 0.643. The van der Waals surface area contributed by atoms with Crippen molar-refractivity contribution in [1.29, 1.82) is 0 Å². The molecule has 0 spiro atoms. The van der Waals surface area contributed by atoms with Gasteiger partial charge < -0.3 is 14.8 Å². The lowest BCUT2D eigenvalue weighted by molar-refractivity contribution is 0.00460. The van der Waals surface area contributed by atoms with Gasteiger partial charge in [-0.3, -0.25) is 9.80 Å². The first-order valence-corrected chi connectivity index (χ1v) is 14.2. The van der Waals surface area contributed by atoms with Crippen LogP contribution in [0.3, 0.4) is 0 Å². The SMILES string of the molecule is CC1CCN(Cc2nc(NC[C@H]([C@@H]3CCOC3)N3CCOCC3)c3c4c(sc3n2)CCC4)CC1. The minimum Gasteiger partial charge on any atom is -0.381 e. The number of piperidine rings is 1. The normalized spacial score (nSPS) is 25.7. The molecule has 0 bridgehead atoms. The van der Waals surface area contributed by atoms with Crippen LogP contribution >= 0.6 is 11.3 Å². The molecule has 0 unspecified atom stereocenters. The van der Waals surface area contributed by atoms with Gasteiger partial charge in [-0.1, -0.05) is 6.92 Å². The minimum absolute atomic E-state index is 0.454. The maximum Gasteiger partial charge on any atom is 0.146 e. The number of rotatable bonds is 7. The van der Waals surface area contributed by atoms with Crippen LogP contribution in [0.4, 0.5) is 5.82 Å². The van der Waals surface area contributed by atoms with Gasteiger partial charge in [0.15, 0.2) is 0 Å². The molecule has 0 amide bonds. The summed E-state index contributed by atoms with van der Waals surface area (Å²) in [4.78, 5) is 18.1. The Hall–Kier alpha value is -1.32. The molecule has 5 heterocycles. The summed E-state index contributed by atoms with van der Waals surface area (Å²) >= 11 is 1.91. The van der Waals surface area contributed by atoms with Crippen molar-refractivity contribution in [2.75, 3.05) is 64.5 Å². The zero-order chi connectivity index (χ0) is 22.9. The first-order valence-electron chi connectivity index (χ1n) is 13.4. The van der Waals surface area contributed by atoms with E-state index in [0.717, 1.165) is 89.7 Å². The highest BCUT2D eigenvalue weighted by Gasteiger charge is 2.32. The first-order chi connectivity index (χ1) is 16.7. The molecule has 2 atom stereocenters. The minimum atomic E-state index is 0.454. The summed E-state index contributed by atoms with van der Waals surface area (Å²) in [5.41, 5.74) is 1.51. The highest BCUT2D eigenvalue weighted by molar-refractivity contribution is 7.19. The second-order valence-electron chi connectivity index (χ2n) is 10.7. The van der Waals surface area contributed by atoms with Gasteiger partial charge in [0.25, 0.3) is 0 Å². The summed E-state index contributed by atoms with van der Waals surface area (Å²) in [6.07, 6.45) is 7.34. The van der Waals surface area contributed by atoms with Gasteiger partial charge in [0.1, 0.15) is 16.5 Å². The number of fused-ring (bicyclic) bond motifs is 3. The Morgan fingerprint density at radius 2 is 1.88 bits per heavy atom. The van der Waals surface area contributed by atoms with Gasteiger partial charge in [-0.15, -0.1) is 11.3 Å². The molecule has 6 rings (SSSR count). The molecular weight excluding hydrogens is 446 g/mol. The van der Waals surface area contributed by atoms with Crippen molar-refractivity contribution in [3.8, 4) is 0 Å². The third-order valence-corrected chi connectivity index (χ3v) is 9.54. The number of anilines is 1. The average Bonchev–Trinajstić information content (AvgIpc) is 3.60. The summed E-state index contributed by atoms with van der Waals surface area (Å²) in [5.74, 6) is 3.47. The Morgan fingerprint density at radius 3 is 2.68 bits per heavy atom. The second kappa shape index (κ2) is 10.3. The van der Waals surface area contributed by atoms with E-state index >= 15 is 0 Å². The number of nitrogens with one attached hydrogen (secondary N) is 1. The summed E-state index contributed by atoms with van der Waals surface area (Å²) in [6, 6.07) is 0.454. The maximum atomic E-state index is 5.80. The monoisotopic (exact) mass is 485 g/mol. The molecule has 34 heavy (non-hydrogen) atoms. The summed E-state index contributed by atoms with van der Waals surface area (Å²) in [7, 11) is 0. The molecule has 3 fully saturated rings. The smallest absolute Gasteiger partial charge is 0.146 e. The number of likely N-dealkylation sites (tertiary alicyclic amines) is 1. The lowest BCUT2D eigenvalue weighted by atomic mass is 9.96. The highest BCUT2D eigenvalue weighted by atomic mass is 32.1. The van der Waals surface area contributed by atoms with Crippen LogP contribution in [0.5, 0.6) is 0 Å². The Kier molecular flexibility index (Phi) is 7.03. The standard InChI is InChI=1S/C26H39N5O2S/c1-18-5-8-30(9-6-18)16-23-28-25(24-20-3-2-4-22(20)34-26(24)29-23)27-15-21(19-7-12-33-17-19)31-10-13-32-14-11-31/h18-19,21H,2-17H2,1H3,(H,27,28,29)/t19-,21-/m1/s1. The van der Waals surface area contributed by atoms with Crippen LogP contribution in [0, 0.1) is 11.8 Å². The van der Waals surface area contributed by atoms with Crippen molar-refractivity contribution in [2.45, 2.75) is 58.0 Å². The molecule has 0 saturated carbocycles. The molecule has 2 aromatic rings. The van der Waals surface area contributed by atoms with Crippen molar-refractivity contribution in [2.24, 2.45) is 11.8 Å². The molecule has 3 aliphatic heterocycles. The van der Waals surface area contributed by atoms with Crippen molar-refractivity contribution in [1.82, 2.24) is 19.8 Å². The van der Waals surface area contributed by atoms with Gasteiger partial charge in [-0.05, 0) is 63.1 Å². The molecule has 0 aromatic carbocycles. The molecule has 2 aromatic heterocycles. The Bertz CT molecular complexity index is 977. The number of nitrogens with zero attached hydrogens (tertiary/aromatic N) is 4. The Morgan fingerprint density at radius 1 is 1.03 bits per heavy atom. The fourth-order valence-corrected chi connectivity index (χ4v) is 7.50. The van der Waals surface area contributed by atoms with Crippen LogP contribution in [0.15, 0.2) is 0 Å². The molecular formula is C26H39N5O2S. The molecule has 0 radical (unpaired) electrons. The molecule has 3 saturated heterocycles. The summed E-state index contributed by atoms with van der Waals surface area (Å²) in [5, 5.41) is 5.16. The van der Waals surface area contributed by atoms with Crippen molar-refractivity contribution < 1.29 is 9.47 Å². The maximum absolute atomic E-state index is 5.80. The number of thiophene rings is 1. The molecule has 186 valence electrons. The van der Waals surface area contributed by atoms with Gasteiger partial charge in [-0.2, -0.15) is 0 Å². The van der Waals surface area contributed by atoms with Gasteiger partial charge in [0.05, 0.1) is 31.8 Å². The number of aryl methyl sites for hydroxylation is 2. The topological polar surface area (TPSA) is 62.8 Å². The van der Waals surface area contributed by atoms with Crippen LogP contribution < -0.4 is 5.32 Å². The second-order valence-corrected chi connectivity index (χ2v) is 11.8. The van der Waals surface area contributed by atoms with E-state index in [-0.39, 0.29) is 0 Å². The van der Waals surface area contributed by atoms with E-state index in [9.17, 15) is 0 Å². The van der Waals surface area contributed by atoms with E-state index in [0.29, 0.717) is 12.0 Å². The van der Waals surface area contributed by atoms with Gasteiger partial charge >= 0.3 is 0 Å². The number of aromatic nitrogens is 2. The molecule has 7 nitrogen and oxygen atoms in total. The largest absolute Gasteiger partial charge is 0.381 e. The third kappa shape index (κ3) is 4.85. The summed E-state index contributed by atoms with van der Waals surface area (Å²) in [6.45, 7) is 11.9. The van der Waals surface area contributed by atoms with Gasteiger partial charge in [0, 0.05) is 43.1 Å². The molecule has 8 heteroatoms. The number of hydrogen-bond donors (Lipinski definition) is 1. The molecule has 4 aliphatic rings. The zero-order valence-electron chi connectivity index (χ0n) is 20.6. The Labute approximate surface area is 207 Å². The van der Waals surface area contributed by atoms with Crippen LogP contribution in [0.1, 0.15) is 48.9 Å². The highest BCUT2D eigenvalue weighted by Crippen LogP contribution is 2.40. The zero-order valence-corrected chi connectivity index (χ0v) is 21.4. The van der Waals surface area contributed by atoms with E-state index in [2.05, 4.69) is 22.0 Å². The third-order valence-electron chi connectivity index (χ3n) is 8.35. The molecule has 1 N–H and O–H groups in total.